The predicted molar refractivity (Wildman–Crippen MR) is 81.9 cm³/mol. The Labute approximate surface area is 158 Å². The molecule has 0 aromatic carbocycles. The van der Waals surface area contributed by atoms with Crippen LogP contribution in [-0.2, 0) is 51.8 Å². The number of hydrogen-bond acceptors (Lipinski definition) is 4. The number of rotatable bonds is 2. The second-order valence-corrected chi connectivity index (χ2v) is 11.4. The Hall–Kier alpha value is 0.181. The van der Waals surface area contributed by atoms with E-state index in [4.69, 9.17) is 19.7 Å². The molecular formula is C14H27O6SiY-. The van der Waals surface area contributed by atoms with E-state index in [9.17, 15) is 9.59 Å². The minimum Gasteiger partial charge on any atom is -0.479 e. The maximum atomic E-state index is 10.1. The van der Waals surface area contributed by atoms with Crippen LogP contribution in [0.2, 0.25) is 19.6 Å². The number of carboxylic acid groups (broad SMARTS) is 2. The Kier molecular flexibility index (Phi) is 14.0. The van der Waals surface area contributed by atoms with Crippen LogP contribution in [0.4, 0.5) is 0 Å². The molecule has 0 aliphatic carbocycles. The van der Waals surface area contributed by atoms with E-state index in [0.29, 0.717) is 26.1 Å². The molecule has 0 saturated carbocycles. The summed E-state index contributed by atoms with van der Waals surface area (Å²) >= 11 is 0. The summed E-state index contributed by atoms with van der Waals surface area (Å²) in [6, 6.07) is 0. The second-order valence-electron chi connectivity index (χ2n) is 6.24. The molecule has 22 heavy (non-hydrogen) atoms. The van der Waals surface area contributed by atoms with Gasteiger partial charge in [0.15, 0.2) is 12.2 Å². The first-order valence-electron chi connectivity index (χ1n) is 7.15. The molecule has 6 nitrogen and oxygen atoms in total. The molecule has 2 fully saturated rings. The molecule has 2 heterocycles. The summed E-state index contributed by atoms with van der Waals surface area (Å²) < 4.78 is 9.63. The quantitative estimate of drug-likeness (QED) is 0.538. The number of carboxylic acids is 2. The van der Waals surface area contributed by atoms with Gasteiger partial charge in [-0.2, -0.15) is 0 Å². The van der Waals surface area contributed by atoms with Crippen LogP contribution in [0.5, 0.6) is 0 Å². The van der Waals surface area contributed by atoms with E-state index in [0.717, 1.165) is 12.8 Å². The van der Waals surface area contributed by atoms with E-state index in [2.05, 4.69) is 26.2 Å². The topological polar surface area (TPSA) is 93.1 Å². The van der Waals surface area contributed by atoms with Gasteiger partial charge in [-0.05, 0) is 25.7 Å². The maximum absolute atomic E-state index is 10.1. The van der Waals surface area contributed by atoms with Gasteiger partial charge in [0.05, 0.1) is 0 Å². The summed E-state index contributed by atoms with van der Waals surface area (Å²) in [4.78, 5) is 20.2. The van der Waals surface area contributed by atoms with Crippen LogP contribution in [0.3, 0.4) is 0 Å². The fraction of sp³-hybridized carbons (Fsp3) is 0.786. The van der Waals surface area contributed by atoms with Gasteiger partial charge in [0.2, 0.25) is 0 Å². The van der Waals surface area contributed by atoms with Crippen LogP contribution in [0.25, 0.3) is 0 Å². The van der Waals surface area contributed by atoms with Crippen LogP contribution in [-0.4, -0.2) is 55.6 Å². The molecule has 2 N–H and O–H groups in total. The van der Waals surface area contributed by atoms with Crippen LogP contribution < -0.4 is 0 Å². The molecule has 0 bridgehead atoms. The third-order valence-corrected chi connectivity index (χ3v) is 2.41. The normalized spacial score (nSPS) is 23.3. The summed E-state index contributed by atoms with van der Waals surface area (Å²) in [6.07, 6.45) is 2.09. The Morgan fingerprint density at radius 1 is 0.955 bits per heavy atom. The van der Waals surface area contributed by atoms with E-state index >= 15 is 0 Å². The van der Waals surface area contributed by atoms with Crippen molar-refractivity contribution in [3.8, 4) is 0 Å². The molecule has 127 valence electrons. The van der Waals surface area contributed by atoms with Crippen molar-refractivity contribution >= 4 is 20.0 Å². The molecule has 8 heteroatoms. The first kappa shape index (κ1) is 24.4. The average Bonchev–Trinajstić information content (AvgIpc) is 3.02. The van der Waals surface area contributed by atoms with Crippen LogP contribution in [0.1, 0.15) is 25.7 Å². The molecule has 2 atom stereocenters. The van der Waals surface area contributed by atoms with Crippen molar-refractivity contribution in [3.05, 3.63) is 6.55 Å². The summed E-state index contributed by atoms with van der Waals surface area (Å²) in [7, 11) is -0.861. The summed E-state index contributed by atoms with van der Waals surface area (Å²) in [5, 5.41) is 16.6. The van der Waals surface area contributed by atoms with Gasteiger partial charge in [0.1, 0.15) is 0 Å². The van der Waals surface area contributed by atoms with E-state index in [1.54, 1.807) is 0 Å². The first-order chi connectivity index (χ1) is 9.61. The fourth-order valence-corrected chi connectivity index (χ4v) is 1.54. The SMILES string of the molecule is O=C(O)C1CCCO1.O=C(O)C1CCCO1.[CH2-][Si](C)(C)C.[Y]. The van der Waals surface area contributed by atoms with Gasteiger partial charge in [-0.25, -0.2) is 9.59 Å². The van der Waals surface area contributed by atoms with E-state index in [-0.39, 0.29) is 32.7 Å². The molecular weight excluding hydrogens is 381 g/mol. The zero-order valence-electron chi connectivity index (χ0n) is 13.7. The maximum Gasteiger partial charge on any atom is 0.332 e. The van der Waals surface area contributed by atoms with E-state index in [1.807, 2.05) is 0 Å². The van der Waals surface area contributed by atoms with Crippen molar-refractivity contribution in [1.29, 1.82) is 0 Å². The van der Waals surface area contributed by atoms with Crippen LogP contribution in [0.15, 0.2) is 0 Å². The van der Waals surface area contributed by atoms with E-state index < -0.39 is 32.2 Å². The van der Waals surface area contributed by atoms with Gasteiger partial charge in [-0.1, -0.05) is 19.6 Å². The van der Waals surface area contributed by atoms with Gasteiger partial charge < -0.3 is 26.2 Å². The van der Waals surface area contributed by atoms with Crippen LogP contribution in [0, 0.1) is 6.55 Å². The third-order valence-electron chi connectivity index (χ3n) is 2.41. The Morgan fingerprint density at radius 3 is 1.32 bits per heavy atom. The van der Waals surface area contributed by atoms with Crippen molar-refractivity contribution in [2.75, 3.05) is 13.2 Å². The van der Waals surface area contributed by atoms with Gasteiger partial charge in [0.25, 0.3) is 0 Å². The summed E-state index contributed by atoms with van der Waals surface area (Å²) in [5.41, 5.74) is 0. The van der Waals surface area contributed by atoms with Crippen molar-refractivity contribution in [2.24, 2.45) is 0 Å². The molecule has 0 spiro atoms. The first-order valence-corrected chi connectivity index (χ1v) is 10.9. The van der Waals surface area contributed by atoms with Crippen molar-refractivity contribution < 1.29 is 62.0 Å². The largest absolute Gasteiger partial charge is 0.479 e. The average molecular weight is 408 g/mol. The number of aliphatic carboxylic acids is 2. The molecule has 2 aliphatic rings. The van der Waals surface area contributed by atoms with Crippen molar-refractivity contribution in [3.63, 3.8) is 0 Å². The Morgan fingerprint density at radius 2 is 1.23 bits per heavy atom. The molecule has 2 saturated heterocycles. The molecule has 2 unspecified atom stereocenters. The standard InChI is InChI=1S/2C5H8O3.C4H11Si.Y/c2*6-5(7)4-2-1-3-8-4;1-5(2,3)4;/h2*4H,1-3H2,(H,6,7);1H2,2-4H3;/q;;-1;. The smallest absolute Gasteiger partial charge is 0.332 e. The zero-order chi connectivity index (χ0) is 16.5. The molecule has 0 aromatic rings. The van der Waals surface area contributed by atoms with Crippen LogP contribution >= 0.6 is 0 Å². The fourth-order valence-electron chi connectivity index (χ4n) is 1.54. The van der Waals surface area contributed by atoms with Crippen molar-refractivity contribution in [2.45, 2.75) is 57.5 Å². The van der Waals surface area contributed by atoms with Crippen molar-refractivity contribution in [1.82, 2.24) is 0 Å². The minimum absolute atomic E-state index is 0. The zero-order valence-corrected chi connectivity index (χ0v) is 17.5. The molecule has 2 aliphatic heterocycles. The summed E-state index contributed by atoms with van der Waals surface area (Å²) in [6.45, 7) is 11.8. The van der Waals surface area contributed by atoms with Gasteiger partial charge in [-0.15, -0.1) is 8.07 Å². The van der Waals surface area contributed by atoms with Gasteiger partial charge >= 0.3 is 11.9 Å². The Bertz CT molecular complexity index is 288. The summed E-state index contributed by atoms with van der Waals surface area (Å²) in [5.74, 6) is -1.66. The number of carbonyl (C=O) groups is 2. The Balaban J connectivity index is 0. The molecule has 0 aromatic heterocycles. The second kappa shape index (κ2) is 12.6. The monoisotopic (exact) mass is 408 g/mol. The number of ether oxygens (including phenoxy) is 2. The van der Waals surface area contributed by atoms with Gasteiger partial charge in [0, 0.05) is 45.9 Å². The molecule has 1 radical (unpaired) electrons. The van der Waals surface area contributed by atoms with Gasteiger partial charge in [-0.3, -0.25) is 0 Å². The minimum atomic E-state index is -0.861. The van der Waals surface area contributed by atoms with E-state index in [1.165, 1.54) is 0 Å². The third kappa shape index (κ3) is 15.1. The molecule has 2 rings (SSSR count). The number of hydrogen-bond donors (Lipinski definition) is 2. The predicted octanol–water partition coefficient (Wildman–Crippen LogP) is 2.20. The molecule has 0 amide bonds.